The first-order valence-corrected chi connectivity index (χ1v) is 13.3. The molecule has 12 heteroatoms. The number of benzene rings is 1. The number of morpholine rings is 1. The summed E-state index contributed by atoms with van der Waals surface area (Å²) in [7, 11) is 0. The molecular weight excluding hydrogens is 521 g/mol. The van der Waals surface area contributed by atoms with Gasteiger partial charge in [-0.3, -0.25) is 19.3 Å². The molecule has 1 fully saturated rings. The number of anilines is 2. The van der Waals surface area contributed by atoms with E-state index in [1.54, 1.807) is 17.9 Å². The minimum atomic E-state index is -1.71. The summed E-state index contributed by atoms with van der Waals surface area (Å²) in [6.07, 6.45) is 1.47. The van der Waals surface area contributed by atoms with Crippen LogP contribution in [0.5, 0.6) is 0 Å². The Balaban J connectivity index is 1.35. The van der Waals surface area contributed by atoms with Crippen LogP contribution in [0.4, 0.5) is 15.8 Å². The van der Waals surface area contributed by atoms with Crippen LogP contribution in [0.1, 0.15) is 46.7 Å². The standard InChI is InChI=1S/C28H34FN5O6/c1-15-21(11-18-17-10-19(29)23(12-22(17)31-25(18)36)32-27(38)28(2,3)39)30-20-4-5-34(26(37)24(15)20)14-16(35)13-33-6-8-40-9-7-33/h10-12,16,30,35,39H,4-9,13-14H2,1-3H3,(H,31,36)(H,32,38)/t16-/m1/s1. The van der Waals surface area contributed by atoms with E-state index in [1.165, 1.54) is 19.9 Å². The van der Waals surface area contributed by atoms with Crippen LogP contribution in [0.2, 0.25) is 0 Å². The number of hydrogen-bond donors (Lipinski definition) is 5. The summed E-state index contributed by atoms with van der Waals surface area (Å²) in [6, 6.07) is 2.46. The maximum Gasteiger partial charge on any atom is 0.256 e. The third-order valence-corrected chi connectivity index (χ3v) is 7.49. The van der Waals surface area contributed by atoms with E-state index in [-0.39, 0.29) is 23.7 Å². The van der Waals surface area contributed by atoms with Crippen molar-refractivity contribution in [3.05, 3.63) is 46.0 Å². The number of carbonyl (C=O) groups is 3. The van der Waals surface area contributed by atoms with Gasteiger partial charge in [0, 0.05) is 56.1 Å². The smallest absolute Gasteiger partial charge is 0.256 e. The molecule has 0 radical (unpaired) electrons. The summed E-state index contributed by atoms with van der Waals surface area (Å²) < 4.78 is 20.2. The van der Waals surface area contributed by atoms with Gasteiger partial charge in [0.25, 0.3) is 17.7 Å². The number of rotatable bonds is 7. The molecule has 0 saturated carbocycles. The normalized spacial score (nSPS) is 19.4. The van der Waals surface area contributed by atoms with Gasteiger partial charge < -0.3 is 35.5 Å². The van der Waals surface area contributed by atoms with E-state index in [1.807, 2.05) is 0 Å². The fraction of sp³-hybridized carbons (Fsp3) is 0.464. The van der Waals surface area contributed by atoms with Gasteiger partial charge in [0.2, 0.25) is 0 Å². The Morgan fingerprint density at radius 2 is 1.95 bits per heavy atom. The third-order valence-electron chi connectivity index (χ3n) is 7.49. The van der Waals surface area contributed by atoms with Crippen LogP contribution in [0.25, 0.3) is 11.6 Å². The lowest BCUT2D eigenvalue weighted by atomic mass is 10.0. The Bertz CT molecular complexity index is 1390. The molecule has 11 nitrogen and oxygen atoms in total. The van der Waals surface area contributed by atoms with Crippen molar-refractivity contribution in [2.45, 2.75) is 38.9 Å². The number of fused-ring (bicyclic) bond motifs is 2. The van der Waals surface area contributed by atoms with Crippen LogP contribution >= 0.6 is 0 Å². The molecule has 214 valence electrons. The van der Waals surface area contributed by atoms with Crippen LogP contribution in [0.15, 0.2) is 12.1 Å². The number of β-amino-alcohol motifs (C(OH)–C–C–N with tert-alkyl or cyclic N) is 1. The molecule has 0 bridgehead atoms. The summed E-state index contributed by atoms with van der Waals surface area (Å²) in [5, 5.41) is 25.5. The topological polar surface area (TPSA) is 147 Å². The van der Waals surface area contributed by atoms with E-state index in [0.29, 0.717) is 60.8 Å². The Hall–Kier alpha value is -3.58. The van der Waals surface area contributed by atoms with Gasteiger partial charge in [-0.15, -0.1) is 0 Å². The number of carbonyl (C=O) groups excluding carboxylic acids is 3. The number of H-pyrrole nitrogens is 1. The van der Waals surface area contributed by atoms with Crippen LogP contribution < -0.4 is 10.6 Å². The van der Waals surface area contributed by atoms with Crippen molar-refractivity contribution < 1.29 is 33.7 Å². The molecule has 0 unspecified atom stereocenters. The van der Waals surface area contributed by atoms with E-state index >= 15 is 0 Å². The van der Waals surface area contributed by atoms with Crippen LogP contribution in [-0.4, -0.2) is 100 Å². The number of aliphatic hydroxyl groups is 2. The maximum absolute atomic E-state index is 14.9. The molecule has 1 aromatic carbocycles. The zero-order valence-electron chi connectivity index (χ0n) is 22.8. The van der Waals surface area contributed by atoms with Crippen molar-refractivity contribution in [1.29, 1.82) is 0 Å². The van der Waals surface area contributed by atoms with Gasteiger partial charge in [0.15, 0.2) is 0 Å². The first-order chi connectivity index (χ1) is 18.9. The monoisotopic (exact) mass is 555 g/mol. The van der Waals surface area contributed by atoms with Crippen LogP contribution in [0.3, 0.4) is 0 Å². The highest BCUT2D eigenvalue weighted by Crippen LogP contribution is 2.38. The predicted molar refractivity (Wildman–Crippen MR) is 146 cm³/mol. The van der Waals surface area contributed by atoms with Crippen LogP contribution in [-0.2, 0) is 20.7 Å². The molecular formula is C28H34FN5O6. The highest BCUT2D eigenvalue weighted by Gasteiger charge is 2.33. The average molecular weight is 556 g/mol. The van der Waals surface area contributed by atoms with E-state index in [0.717, 1.165) is 24.8 Å². The van der Waals surface area contributed by atoms with Crippen LogP contribution in [0, 0.1) is 12.7 Å². The molecule has 0 spiro atoms. The number of aromatic amines is 1. The number of nitrogens with one attached hydrogen (secondary N) is 3. The molecule has 1 aromatic heterocycles. The largest absolute Gasteiger partial charge is 0.390 e. The SMILES string of the molecule is Cc1c(C=C2C(=O)Nc3cc(NC(=O)C(C)(C)O)c(F)cc32)[nH]c2c1C(=O)N(C[C@H](O)CN1CCOCC1)CC2. The Kier molecular flexibility index (Phi) is 7.53. The molecule has 5 N–H and O–H groups in total. The quantitative estimate of drug-likeness (QED) is 0.324. The molecule has 4 heterocycles. The number of aliphatic hydroxyl groups excluding tert-OH is 1. The van der Waals surface area contributed by atoms with Crippen molar-refractivity contribution in [2.75, 3.05) is 56.6 Å². The molecule has 5 rings (SSSR count). The van der Waals surface area contributed by atoms with Gasteiger partial charge in [-0.25, -0.2) is 4.39 Å². The first-order valence-electron chi connectivity index (χ1n) is 13.3. The van der Waals surface area contributed by atoms with Gasteiger partial charge in [-0.05, 0) is 44.5 Å². The zero-order chi connectivity index (χ0) is 28.8. The number of halogens is 1. The number of amides is 3. The summed E-state index contributed by atoms with van der Waals surface area (Å²) in [4.78, 5) is 45.4. The van der Waals surface area contributed by atoms with Crippen molar-refractivity contribution in [3.63, 3.8) is 0 Å². The maximum atomic E-state index is 14.9. The molecule has 3 aliphatic rings. The van der Waals surface area contributed by atoms with Gasteiger partial charge in [-0.2, -0.15) is 0 Å². The summed E-state index contributed by atoms with van der Waals surface area (Å²) >= 11 is 0. The second-order valence-corrected chi connectivity index (χ2v) is 11.0. The van der Waals surface area contributed by atoms with E-state index in [9.17, 15) is 29.0 Å². The fourth-order valence-electron chi connectivity index (χ4n) is 5.25. The first kappa shape index (κ1) is 28.0. The van der Waals surface area contributed by atoms with E-state index in [4.69, 9.17) is 4.74 Å². The highest BCUT2D eigenvalue weighted by atomic mass is 19.1. The van der Waals surface area contributed by atoms with Crippen molar-refractivity contribution in [1.82, 2.24) is 14.8 Å². The lowest BCUT2D eigenvalue weighted by Crippen LogP contribution is -2.47. The fourth-order valence-corrected chi connectivity index (χ4v) is 5.25. The molecule has 3 aliphatic heterocycles. The highest BCUT2D eigenvalue weighted by molar-refractivity contribution is 6.35. The molecule has 1 atom stereocenters. The molecule has 40 heavy (non-hydrogen) atoms. The number of hydrogen-bond acceptors (Lipinski definition) is 7. The van der Waals surface area contributed by atoms with Crippen molar-refractivity contribution in [2.24, 2.45) is 0 Å². The minimum absolute atomic E-state index is 0.166. The Morgan fingerprint density at radius 3 is 2.65 bits per heavy atom. The van der Waals surface area contributed by atoms with E-state index in [2.05, 4.69) is 20.5 Å². The van der Waals surface area contributed by atoms with Gasteiger partial charge in [-0.1, -0.05) is 0 Å². The lowest BCUT2D eigenvalue weighted by Gasteiger charge is -2.32. The van der Waals surface area contributed by atoms with Gasteiger partial charge in [0.1, 0.15) is 11.4 Å². The summed E-state index contributed by atoms with van der Waals surface area (Å²) in [6.45, 7) is 8.27. The average Bonchev–Trinajstić information content (AvgIpc) is 3.37. The zero-order valence-corrected chi connectivity index (χ0v) is 22.8. The Labute approximate surface area is 231 Å². The van der Waals surface area contributed by atoms with E-state index < -0.39 is 29.3 Å². The number of ether oxygens (including phenoxy) is 1. The second kappa shape index (κ2) is 10.8. The summed E-state index contributed by atoms with van der Waals surface area (Å²) in [5.41, 5.74) is 1.46. The summed E-state index contributed by atoms with van der Waals surface area (Å²) in [5.74, 6) is -2.18. The van der Waals surface area contributed by atoms with Crippen molar-refractivity contribution >= 4 is 40.7 Å². The van der Waals surface area contributed by atoms with Gasteiger partial charge in [0.05, 0.1) is 41.8 Å². The number of aromatic nitrogens is 1. The lowest BCUT2D eigenvalue weighted by molar-refractivity contribution is -0.130. The predicted octanol–water partition coefficient (Wildman–Crippen LogP) is 1.36. The molecule has 1 saturated heterocycles. The molecule has 0 aliphatic carbocycles. The third kappa shape index (κ3) is 5.52. The Morgan fingerprint density at radius 1 is 1.23 bits per heavy atom. The number of nitrogens with zero attached hydrogens (tertiary/aromatic N) is 2. The molecule has 2 aromatic rings. The minimum Gasteiger partial charge on any atom is -0.390 e. The van der Waals surface area contributed by atoms with Crippen molar-refractivity contribution in [3.8, 4) is 0 Å². The van der Waals surface area contributed by atoms with Gasteiger partial charge >= 0.3 is 0 Å². The molecule has 3 amide bonds. The second-order valence-electron chi connectivity index (χ2n) is 11.0.